The minimum absolute atomic E-state index is 0.117. The Labute approximate surface area is 259 Å². The molecule has 0 amide bonds. The van der Waals surface area contributed by atoms with Gasteiger partial charge in [0.25, 0.3) is 0 Å². The molecule has 2 heterocycles. The van der Waals surface area contributed by atoms with Crippen molar-refractivity contribution in [3.63, 3.8) is 0 Å². The molecule has 0 radical (unpaired) electrons. The monoisotopic (exact) mass is 758 g/mol. The number of aromatic hydroxyl groups is 1. The van der Waals surface area contributed by atoms with E-state index in [4.69, 9.17) is 0 Å². The predicted octanol–water partition coefficient (Wildman–Crippen LogP) is 10.6. The van der Waals surface area contributed by atoms with E-state index in [1.54, 1.807) is 102 Å². The number of para-hydroxylation sites is 1. The molecule has 2 aliphatic heterocycles. The van der Waals surface area contributed by atoms with Crippen molar-refractivity contribution in [1.29, 1.82) is 0 Å². The molecule has 7 rings (SSSR count). The summed E-state index contributed by atoms with van der Waals surface area (Å²) in [4.78, 5) is 0. The van der Waals surface area contributed by atoms with Crippen LogP contribution in [0.1, 0.15) is 134 Å². The molecule has 6 aliphatic rings. The third kappa shape index (κ3) is 9.18. The number of aliphatic hydroxyl groups excluding tert-OH is 1. The number of piperidine rings is 1. The normalized spacial score (nSPS) is 29.0. The first-order chi connectivity index (χ1) is 20.2. The second kappa shape index (κ2) is 17.0. The van der Waals surface area contributed by atoms with E-state index in [9.17, 15) is 10.2 Å². The standard InChI is InChI=1S/C9H16NO.C9H8NO.3C6H11.Bi/c2*11-8-5-1-3-7-4-2-6-10-9(7)8;3*1-2-4-6-5-3-1;/h7-9,11H,1-6H2;1-5,11H,6H2;3*1H,2-6H2;/q2*-1;;;;+2. The molecule has 0 bridgehead atoms. The summed E-state index contributed by atoms with van der Waals surface area (Å²) in [6, 6.07) is 5.72. The average Bonchev–Trinajstić information content (AvgIpc) is 3.04. The first kappa shape index (κ1) is 31.8. The molecule has 1 aromatic carbocycles. The second-order valence-corrected chi connectivity index (χ2v) is 25.6. The Hall–Kier alpha value is -0.637. The fraction of sp³-hybridized carbons (Fsp3) is 0.778. The zero-order chi connectivity index (χ0) is 28.3. The summed E-state index contributed by atoms with van der Waals surface area (Å²) < 4.78 is 3.99. The Morgan fingerprint density at radius 3 is 1.80 bits per heavy atom. The van der Waals surface area contributed by atoms with Crippen molar-refractivity contribution >= 4 is 33.5 Å². The third-order valence-corrected chi connectivity index (χ3v) is 26.6. The number of rotatable bonds is 3. The minimum Gasteiger partial charge on any atom is -0.678 e. The van der Waals surface area contributed by atoms with Gasteiger partial charge in [-0.05, 0) is 18.1 Å². The number of nitrogens with zero attached hydrogens (tertiary/aromatic N) is 2. The number of phenolic OH excluding ortho intramolecular Hbond substituents is 1. The number of hydrogen-bond acceptors (Lipinski definition) is 2. The van der Waals surface area contributed by atoms with E-state index in [-0.39, 0.29) is 11.9 Å². The zero-order valence-corrected chi connectivity index (χ0v) is 29.1. The summed E-state index contributed by atoms with van der Waals surface area (Å²) in [7, 11) is 0. The fourth-order valence-electron chi connectivity index (χ4n) is 8.64. The Morgan fingerprint density at radius 2 is 1.24 bits per heavy atom. The van der Waals surface area contributed by atoms with Gasteiger partial charge < -0.3 is 20.8 Å². The van der Waals surface area contributed by atoms with Crippen LogP contribution < -0.4 is 0 Å². The number of aliphatic hydroxyl groups is 1. The van der Waals surface area contributed by atoms with Crippen LogP contribution in [-0.4, -0.2) is 57.2 Å². The molecule has 0 spiro atoms. The Bertz CT molecular complexity index is 875. The SMILES string of the molecule is C1CC[CH]([Bi+2]([CH]2CCCCC2)[CH]2CCCCC2)CC1.OC1CCCC2CCC[N-]C12.Oc1cccc2c1[N-]CC=C2. The van der Waals surface area contributed by atoms with Crippen molar-refractivity contribution in [2.75, 3.05) is 13.1 Å². The first-order valence-corrected chi connectivity index (χ1v) is 23.5. The summed E-state index contributed by atoms with van der Waals surface area (Å²) in [5.41, 5.74) is 1.71. The summed E-state index contributed by atoms with van der Waals surface area (Å²) in [6.45, 7) is 1.66. The van der Waals surface area contributed by atoms with E-state index in [0.29, 0.717) is 18.5 Å². The summed E-state index contributed by atoms with van der Waals surface area (Å²) in [5, 5.41) is 27.6. The van der Waals surface area contributed by atoms with Crippen molar-refractivity contribution in [2.45, 2.75) is 151 Å². The van der Waals surface area contributed by atoms with Crippen LogP contribution in [0, 0.1) is 5.92 Å². The number of hydrogen-bond donors (Lipinski definition) is 2. The van der Waals surface area contributed by atoms with Crippen LogP contribution >= 0.6 is 0 Å². The quantitative estimate of drug-likeness (QED) is 0.302. The van der Waals surface area contributed by atoms with E-state index in [1.807, 2.05) is 24.3 Å². The van der Waals surface area contributed by atoms with Crippen molar-refractivity contribution in [1.82, 2.24) is 0 Å². The Kier molecular flexibility index (Phi) is 13.2. The maximum atomic E-state index is 9.61. The molecule has 1 aromatic rings. The van der Waals surface area contributed by atoms with Gasteiger partial charge in [-0.2, -0.15) is 0 Å². The Balaban J connectivity index is 0.000000132. The maximum absolute atomic E-state index is 9.61. The number of benzene rings is 1. The van der Waals surface area contributed by atoms with Gasteiger partial charge >= 0.3 is 129 Å². The largest absolute Gasteiger partial charge is 0.678 e. The van der Waals surface area contributed by atoms with Crippen LogP contribution in [-0.2, 0) is 0 Å². The van der Waals surface area contributed by atoms with Gasteiger partial charge in [-0.15, -0.1) is 25.2 Å². The molecule has 41 heavy (non-hydrogen) atoms. The zero-order valence-electron chi connectivity index (χ0n) is 25.6. The molecule has 1 saturated heterocycles. The van der Waals surface area contributed by atoms with E-state index in [0.717, 1.165) is 24.2 Å². The van der Waals surface area contributed by atoms with Gasteiger partial charge in [0.1, 0.15) is 5.75 Å². The first-order valence-electron chi connectivity index (χ1n) is 17.5. The van der Waals surface area contributed by atoms with Gasteiger partial charge in [0.2, 0.25) is 0 Å². The molecule has 3 unspecified atom stereocenters. The number of phenols is 1. The molecule has 5 heteroatoms. The predicted molar refractivity (Wildman–Crippen MR) is 176 cm³/mol. The molecular formula is C36H57BiN2O2. The number of fused-ring (bicyclic) bond motifs is 2. The van der Waals surface area contributed by atoms with Gasteiger partial charge in [0.15, 0.2) is 0 Å². The van der Waals surface area contributed by atoms with E-state index < -0.39 is 21.8 Å². The van der Waals surface area contributed by atoms with Crippen LogP contribution in [0.4, 0.5) is 5.69 Å². The molecular weight excluding hydrogens is 701 g/mol. The van der Waals surface area contributed by atoms with Crippen LogP contribution in [0.3, 0.4) is 0 Å². The molecule has 4 nitrogen and oxygen atoms in total. The summed E-state index contributed by atoms with van der Waals surface area (Å²) >= 11 is -1.23. The molecule has 4 aliphatic carbocycles. The topological polar surface area (TPSA) is 68.7 Å². The van der Waals surface area contributed by atoms with E-state index in [1.165, 1.54) is 36.6 Å². The van der Waals surface area contributed by atoms with Crippen LogP contribution in [0.5, 0.6) is 5.75 Å². The van der Waals surface area contributed by atoms with Gasteiger partial charge in [-0.25, -0.2) is 0 Å². The van der Waals surface area contributed by atoms with Crippen LogP contribution in [0.15, 0.2) is 24.3 Å². The van der Waals surface area contributed by atoms with E-state index in [2.05, 4.69) is 10.6 Å². The molecule has 3 atom stereocenters. The molecule has 4 saturated carbocycles. The summed E-state index contributed by atoms with van der Waals surface area (Å²) in [6.07, 6.45) is 34.1. The van der Waals surface area contributed by atoms with Gasteiger partial charge in [-0.3, -0.25) is 0 Å². The smallest absolute Gasteiger partial charge is 0.101 e. The van der Waals surface area contributed by atoms with Crippen molar-refractivity contribution in [3.8, 4) is 5.75 Å². The molecule has 0 aromatic heterocycles. The molecule has 228 valence electrons. The van der Waals surface area contributed by atoms with Crippen molar-refractivity contribution in [2.24, 2.45) is 5.92 Å². The summed E-state index contributed by atoms with van der Waals surface area (Å²) in [5.74, 6) is 0.986. The molecule has 2 N–H and O–H groups in total. The molecule has 5 fully saturated rings. The van der Waals surface area contributed by atoms with Gasteiger partial charge in [0, 0.05) is 6.10 Å². The van der Waals surface area contributed by atoms with Crippen LogP contribution in [0.2, 0.25) is 10.9 Å². The van der Waals surface area contributed by atoms with Gasteiger partial charge in [0.05, 0.1) is 0 Å². The minimum atomic E-state index is -1.23. The van der Waals surface area contributed by atoms with Crippen molar-refractivity contribution in [3.05, 3.63) is 40.5 Å². The van der Waals surface area contributed by atoms with E-state index >= 15 is 0 Å². The Morgan fingerprint density at radius 1 is 0.659 bits per heavy atom. The fourth-order valence-corrected chi connectivity index (χ4v) is 26.8. The average molecular weight is 759 g/mol. The van der Waals surface area contributed by atoms with Crippen molar-refractivity contribution < 1.29 is 10.2 Å². The van der Waals surface area contributed by atoms with Gasteiger partial charge in [-0.1, -0.05) is 55.5 Å². The second-order valence-electron chi connectivity index (χ2n) is 13.6. The third-order valence-electron chi connectivity index (χ3n) is 10.7. The maximum Gasteiger partial charge on any atom is 0.101 e. The van der Waals surface area contributed by atoms with Crippen LogP contribution in [0.25, 0.3) is 16.7 Å².